The molecule has 0 N–H and O–H groups in total. The van der Waals surface area contributed by atoms with Crippen molar-refractivity contribution in [1.82, 2.24) is 14.1 Å². The number of nitrogens with zero attached hydrogens (tertiary/aromatic N) is 3. The first-order chi connectivity index (χ1) is 24.8. The van der Waals surface area contributed by atoms with E-state index in [0.29, 0.717) is 0 Å². The molecular weight excluding hydrogens is 607 g/mol. The summed E-state index contributed by atoms with van der Waals surface area (Å²) in [6.07, 6.45) is 1.89. The maximum Gasteiger partial charge on any atom is 0.145 e. The van der Waals surface area contributed by atoms with Gasteiger partial charge in [-0.25, -0.2) is 4.98 Å². The second kappa shape index (κ2) is 10.4. The minimum Gasteiger partial charge on any atom is -0.309 e. The molecule has 11 rings (SSSR count). The molecule has 0 saturated carbocycles. The van der Waals surface area contributed by atoms with Crippen molar-refractivity contribution in [3.8, 4) is 22.5 Å². The number of para-hydroxylation sites is 2. The molecule has 0 unspecified atom stereocenters. The zero-order valence-corrected chi connectivity index (χ0v) is 27.1. The van der Waals surface area contributed by atoms with Gasteiger partial charge in [0, 0.05) is 39.1 Å². The highest BCUT2D eigenvalue weighted by Crippen LogP contribution is 2.40. The lowest BCUT2D eigenvalue weighted by Gasteiger charge is -2.12. The van der Waals surface area contributed by atoms with E-state index in [0.717, 1.165) is 27.9 Å². The molecule has 50 heavy (non-hydrogen) atoms. The van der Waals surface area contributed by atoms with Gasteiger partial charge in [-0.1, -0.05) is 109 Å². The van der Waals surface area contributed by atoms with Gasteiger partial charge < -0.3 is 4.57 Å². The fourth-order valence-corrected chi connectivity index (χ4v) is 8.33. The molecule has 8 aromatic carbocycles. The van der Waals surface area contributed by atoms with E-state index in [1.807, 2.05) is 12.3 Å². The molecule has 0 atom stereocenters. The van der Waals surface area contributed by atoms with Crippen molar-refractivity contribution >= 4 is 76.1 Å². The summed E-state index contributed by atoms with van der Waals surface area (Å²) in [5.41, 5.74) is 9.13. The number of aromatic nitrogens is 3. The molecule has 0 aliphatic carbocycles. The molecule has 232 valence electrons. The number of hydrogen-bond acceptors (Lipinski definition) is 1. The summed E-state index contributed by atoms with van der Waals surface area (Å²) in [4.78, 5) is 4.86. The van der Waals surface area contributed by atoms with E-state index < -0.39 is 0 Å². The first-order valence-electron chi connectivity index (χ1n) is 17.1. The van der Waals surface area contributed by atoms with Crippen LogP contribution in [0.25, 0.3) is 98.6 Å². The van der Waals surface area contributed by atoms with E-state index in [-0.39, 0.29) is 0 Å². The topological polar surface area (TPSA) is 22.8 Å². The second-order valence-corrected chi connectivity index (χ2v) is 13.2. The van der Waals surface area contributed by atoms with Crippen LogP contribution in [0.5, 0.6) is 0 Å². The highest BCUT2D eigenvalue weighted by molar-refractivity contribution is 6.26. The molecule has 3 aromatic heterocycles. The lowest BCUT2D eigenvalue weighted by atomic mass is 9.92. The molecule has 0 fully saturated rings. The minimum atomic E-state index is 0.967. The van der Waals surface area contributed by atoms with Crippen LogP contribution < -0.4 is 0 Å². The molecule has 0 aliphatic rings. The fraction of sp³-hybridized carbons (Fsp3) is 0. The Morgan fingerprint density at radius 3 is 1.60 bits per heavy atom. The van der Waals surface area contributed by atoms with Gasteiger partial charge in [0.15, 0.2) is 0 Å². The molecule has 0 amide bonds. The van der Waals surface area contributed by atoms with Crippen molar-refractivity contribution in [2.45, 2.75) is 0 Å². The summed E-state index contributed by atoms with van der Waals surface area (Å²) in [6, 6.07) is 61.9. The number of pyridine rings is 1. The Labute approximate surface area is 287 Å². The third-order valence-electron chi connectivity index (χ3n) is 10.5. The SMILES string of the molecule is c1ccc(-n2c3ccc(-c4ccc5c6ccccc6c6ccccc6c5c4)cc3c3ccc(-n4c5ccccc5c5cccnc54)cc32)cc1. The van der Waals surface area contributed by atoms with E-state index in [2.05, 4.69) is 173 Å². The summed E-state index contributed by atoms with van der Waals surface area (Å²) < 4.78 is 4.70. The molecular formula is C47H29N3. The van der Waals surface area contributed by atoms with Gasteiger partial charge in [-0.2, -0.15) is 0 Å². The zero-order valence-electron chi connectivity index (χ0n) is 27.1. The molecule has 0 saturated heterocycles. The average molecular weight is 636 g/mol. The molecule has 0 aliphatic heterocycles. The Hall–Kier alpha value is -6.71. The minimum absolute atomic E-state index is 0.967. The Kier molecular flexibility index (Phi) is 5.67. The van der Waals surface area contributed by atoms with Crippen LogP contribution in [0.1, 0.15) is 0 Å². The summed E-state index contributed by atoms with van der Waals surface area (Å²) in [5, 5.41) is 12.6. The van der Waals surface area contributed by atoms with Crippen LogP contribution in [0.4, 0.5) is 0 Å². The predicted octanol–water partition coefficient (Wildman–Crippen LogP) is 12.4. The summed E-state index contributed by atoms with van der Waals surface area (Å²) in [6.45, 7) is 0. The van der Waals surface area contributed by atoms with Crippen molar-refractivity contribution in [3.63, 3.8) is 0 Å². The molecule has 11 aromatic rings. The Morgan fingerprint density at radius 1 is 0.300 bits per heavy atom. The first kappa shape index (κ1) is 27.3. The van der Waals surface area contributed by atoms with Gasteiger partial charge in [-0.3, -0.25) is 4.57 Å². The van der Waals surface area contributed by atoms with Crippen LogP contribution in [0.2, 0.25) is 0 Å². The van der Waals surface area contributed by atoms with E-state index in [9.17, 15) is 0 Å². The highest BCUT2D eigenvalue weighted by Gasteiger charge is 2.18. The summed E-state index contributed by atoms with van der Waals surface area (Å²) in [5.74, 6) is 0. The standard InChI is InChI=1S/C47H29N3/c1-2-11-32(12-3-1)49-45-25-21-31(30-20-23-38-36-15-5-4-13-34(36)35-14-6-7-16-37(35)42(38)27-30)28-43(45)40-24-22-33(29-46(40)49)50-44-19-9-8-17-39(44)41-18-10-26-48-47(41)50/h1-29H. The van der Waals surface area contributed by atoms with Gasteiger partial charge in [-0.15, -0.1) is 0 Å². The Bertz CT molecular complexity index is 3060. The van der Waals surface area contributed by atoms with Crippen LogP contribution in [-0.2, 0) is 0 Å². The van der Waals surface area contributed by atoms with Crippen molar-refractivity contribution in [1.29, 1.82) is 0 Å². The van der Waals surface area contributed by atoms with Crippen LogP contribution in [-0.4, -0.2) is 14.1 Å². The maximum absolute atomic E-state index is 4.86. The lowest BCUT2D eigenvalue weighted by molar-refractivity contribution is 1.13. The Morgan fingerprint density at radius 2 is 0.840 bits per heavy atom. The quantitative estimate of drug-likeness (QED) is 0.177. The van der Waals surface area contributed by atoms with Crippen molar-refractivity contribution in [2.75, 3.05) is 0 Å². The predicted molar refractivity (Wildman–Crippen MR) is 211 cm³/mol. The van der Waals surface area contributed by atoms with E-state index >= 15 is 0 Å². The van der Waals surface area contributed by atoms with Gasteiger partial charge in [0.05, 0.1) is 16.6 Å². The van der Waals surface area contributed by atoms with Crippen molar-refractivity contribution in [3.05, 3.63) is 176 Å². The van der Waals surface area contributed by atoms with Crippen LogP contribution in [0.3, 0.4) is 0 Å². The molecule has 3 heterocycles. The number of rotatable bonds is 3. The van der Waals surface area contributed by atoms with Crippen LogP contribution in [0, 0.1) is 0 Å². The maximum atomic E-state index is 4.86. The normalized spacial score (nSPS) is 12.0. The molecule has 0 radical (unpaired) electrons. The lowest BCUT2D eigenvalue weighted by Crippen LogP contribution is -1.97. The fourth-order valence-electron chi connectivity index (χ4n) is 8.33. The smallest absolute Gasteiger partial charge is 0.145 e. The summed E-state index contributed by atoms with van der Waals surface area (Å²) >= 11 is 0. The molecule has 0 bridgehead atoms. The molecule has 0 spiro atoms. The van der Waals surface area contributed by atoms with Gasteiger partial charge in [-0.05, 0) is 104 Å². The van der Waals surface area contributed by atoms with E-state index in [4.69, 9.17) is 4.98 Å². The van der Waals surface area contributed by atoms with E-state index in [1.54, 1.807) is 0 Å². The number of benzene rings is 8. The Balaban J connectivity index is 1.16. The molecule has 3 nitrogen and oxygen atoms in total. The average Bonchev–Trinajstić information content (AvgIpc) is 3.70. The monoisotopic (exact) mass is 635 g/mol. The van der Waals surface area contributed by atoms with Crippen LogP contribution >= 0.6 is 0 Å². The van der Waals surface area contributed by atoms with Crippen molar-refractivity contribution in [2.24, 2.45) is 0 Å². The van der Waals surface area contributed by atoms with Gasteiger partial charge >= 0.3 is 0 Å². The third kappa shape index (κ3) is 3.83. The summed E-state index contributed by atoms with van der Waals surface area (Å²) in [7, 11) is 0. The largest absolute Gasteiger partial charge is 0.309 e. The molecule has 3 heteroatoms. The third-order valence-corrected chi connectivity index (χ3v) is 10.5. The number of hydrogen-bond donors (Lipinski definition) is 0. The second-order valence-electron chi connectivity index (χ2n) is 13.2. The van der Waals surface area contributed by atoms with Crippen LogP contribution in [0.15, 0.2) is 176 Å². The zero-order chi connectivity index (χ0) is 32.8. The van der Waals surface area contributed by atoms with Gasteiger partial charge in [0.25, 0.3) is 0 Å². The van der Waals surface area contributed by atoms with E-state index in [1.165, 1.54) is 70.6 Å². The highest BCUT2D eigenvalue weighted by atomic mass is 15.1. The van der Waals surface area contributed by atoms with Gasteiger partial charge in [0.1, 0.15) is 5.65 Å². The van der Waals surface area contributed by atoms with Gasteiger partial charge in [0.2, 0.25) is 0 Å². The number of fused-ring (bicyclic) bond motifs is 12. The first-order valence-corrected chi connectivity index (χ1v) is 17.1. The van der Waals surface area contributed by atoms with Crippen molar-refractivity contribution < 1.29 is 0 Å².